The van der Waals surface area contributed by atoms with E-state index in [9.17, 15) is 0 Å². The van der Waals surface area contributed by atoms with Crippen LogP contribution in [0.15, 0.2) is 12.1 Å². The summed E-state index contributed by atoms with van der Waals surface area (Å²) in [4.78, 5) is 4.60. The summed E-state index contributed by atoms with van der Waals surface area (Å²) in [5.41, 5.74) is 0.911. The summed E-state index contributed by atoms with van der Waals surface area (Å²) in [6, 6.07) is 3.94. The van der Waals surface area contributed by atoms with Crippen LogP contribution in [0.4, 0.5) is 5.13 Å². The largest absolute Gasteiger partial charge is 0.494 e. The zero-order valence-electron chi connectivity index (χ0n) is 11.7. The van der Waals surface area contributed by atoms with Crippen molar-refractivity contribution in [2.45, 2.75) is 27.2 Å². The topological polar surface area (TPSA) is 43.4 Å². The first-order valence-corrected chi connectivity index (χ1v) is 7.54. The van der Waals surface area contributed by atoms with Gasteiger partial charge in [0.15, 0.2) is 5.13 Å². The molecule has 2 aromatic rings. The molecule has 1 aromatic carbocycles. The summed E-state index contributed by atoms with van der Waals surface area (Å²) in [6.45, 7) is 8.30. The van der Waals surface area contributed by atoms with Crippen LogP contribution in [0.5, 0.6) is 11.5 Å². The van der Waals surface area contributed by atoms with E-state index in [0.717, 1.165) is 39.8 Å². The molecule has 1 N–H and O–H groups in total. The van der Waals surface area contributed by atoms with Crippen molar-refractivity contribution < 1.29 is 9.47 Å². The lowest BCUT2D eigenvalue weighted by molar-refractivity contribution is 0.326. The Balaban J connectivity index is 2.38. The minimum Gasteiger partial charge on any atom is -0.494 e. The fourth-order valence-electron chi connectivity index (χ4n) is 1.80. The molecule has 0 saturated heterocycles. The fraction of sp³-hybridized carbons (Fsp3) is 0.500. The zero-order valence-corrected chi connectivity index (χ0v) is 12.5. The molecule has 0 aliphatic rings. The monoisotopic (exact) mass is 280 g/mol. The Kier molecular flexibility index (Phi) is 4.85. The van der Waals surface area contributed by atoms with Gasteiger partial charge in [0.05, 0.1) is 17.9 Å². The summed E-state index contributed by atoms with van der Waals surface area (Å²) in [5.74, 6) is 1.63. The molecule has 0 bridgehead atoms. The lowest BCUT2D eigenvalue weighted by Gasteiger charge is -2.07. The molecule has 0 aliphatic heterocycles. The number of ether oxygens (including phenoxy) is 2. The van der Waals surface area contributed by atoms with Crippen LogP contribution in [-0.2, 0) is 0 Å². The zero-order chi connectivity index (χ0) is 13.7. The maximum Gasteiger partial charge on any atom is 0.183 e. The molecule has 0 spiro atoms. The van der Waals surface area contributed by atoms with E-state index in [1.807, 2.05) is 26.0 Å². The van der Waals surface area contributed by atoms with Gasteiger partial charge < -0.3 is 14.8 Å². The molecule has 2 rings (SSSR count). The van der Waals surface area contributed by atoms with Crippen LogP contribution in [0.3, 0.4) is 0 Å². The molecule has 1 aromatic heterocycles. The fourth-order valence-corrected chi connectivity index (χ4v) is 2.74. The Morgan fingerprint density at radius 2 is 1.95 bits per heavy atom. The third-order valence-electron chi connectivity index (χ3n) is 2.57. The van der Waals surface area contributed by atoms with Crippen molar-refractivity contribution in [1.82, 2.24) is 4.98 Å². The highest BCUT2D eigenvalue weighted by molar-refractivity contribution is 7.22. The highest BCUT2D eigenvalue weighted by Gasteiger charge is 2.11. The van der Waals surface area contributed by atoms with Gasteiger partial charge in [-0.2, -0.15) is 0 Å². The summed E-state index contributed by atoms with van der Waals surface area (Å²) >= 11 is 1.64. The summed E-state index contributed by atoms with van der Waals surface area (Å²) in [5, 5.41) is 4.25. The van der Waals surface area contributed by atoms with Gasteiger partial charge in [0.25, 0.3) is 0 Å². The number of nitrogens with one attached hydrogen (secondary N) is 1. The molecular weight excluding hydrogens is 260 g/mol. The highest BCUT2D eigenvalue weighted by atomic mass is 32.1. The van der Waals surface area contributed by atoms with Gasteiger partial charge in [0.1, 0.15) is 17.0 Å². The average molecular weight is 280 g/mol. The third kappa shape index (κ3) is 3.29. The first-order chi connectivity index (χ1) is 9.28. The van der Waals surface area contributed by atoms with E-state index >= 15 is 0 Å². The van der Waals surface area contributed by atoms with E-state index < -0.39 is 0 Å². The SMILES string of the molecule is CCCNc1nc2c(OCC)cc(OCC)cc2s1. The normalized spacial score (nSPS) is 10.7. The van der Waals surface area contributed by atoms with Crippen molar-refractivity contribution >= 4 is 26.7 Å². The van der Waals surface area contributed by atoms with Crippen molar-refractivity contribution in [3.63, 3.8) is 0 Å². The van der Waals surface area contributed by atoms with Gasteiger partial charge in [0.2, 0.25) is 0 Å². The van der Waals surface area contributed by atoms with Crippen LogP contribution in [0, 0.1) is 0 Å². The van der Waals surface area contributed by atoms with Gasteiger partial charge in [-0.3, -0.25) is 0 Å². The van der Waals surface area contributed by atoms with Gasteiger partial charge in [0, 0.05) is 12.6 Å². The Morgan fingerprint density at radius 3 is 2.63 bits per heavy atom. The molecule has 0 saturated carbocycles. The summed E-state index contributed by atoms with van der Waals surface area (Å²) in [7, 11) is 0. The average Bonchev–Trinajstić information content (AvgIpc) is 2.80. The molecule has 19 heavy (non-hydrogen) atoms. The number of thiazole rings is 1. The number of benzene rings is 1. The van der Waals surface area contributed by atoms with Gasteiger partial charge in [-0.05, 0) is 26.3 Å². The third-order valence-corrected chi connectivity index (χ3v) is 3.53. The van der Waals surface area contributed by atoms with Gasteiger partial charge in [-0.1, -0.05) is 18.3 Å². The van der Waals surface area contributed by atoms with E-state index in [-0.39, 0.29) is 0 Å². The first-order valence-electron chi connectivity index (χ1n) is 6.72. The second kappa shape index (κ2) is 6.61. The van der Waals surface area contributed by atoms with Crippen LogP contribution in [0.2, 0.25) is 0 Å². The minimum atomic E-state index is 0.625. The number of hydrogen-bond donors (Lipinski definition) is 1. The summed E-state index contributed by atoms with van der Waals surface area (Å²) in [6.07, 6.45) is 1.08. The van der Waals surface area contributed by atoms with Gasteiger partial charge >= 0.3 is 0 Å². The Labute approximate surface area is 117 Å². The van der Waals surface area contributed by atoms with Crippen LogP contribution >= 0.6 is 11.3 Å². The van der Waals surface area contributed by atoms with E-state index in [4.69, 9.17) is 9.47 Å². The Hall–Kier alpha value is -1.49. The molecule has 0 fully saturated rings. The smallest absolute Gasteiger partial charge is 0.183 e. The number of hydrogen-bond acceptors (Lipinski definition) is 5. The predicted octanol–water partition coefficient (Wildman–Crippen LogP) is 3.92. The number of aromatic nitrogens is 1. The highest BCUT2D eigenvalue weighted by Crippen LogP contribution is 2.36. The van der Waals surface area contributed by atoms with E-state index in [2.05, 4.69) is 17.2 Å². The van der Waals surface area contributed by atoms with Crippen LogP contribution < -0.4 is 14.8 Å². The van der Waals surface area contributed by atoms with Crippen LogP contribution in [-0.4, -0.2) is 24.7 Å². The molecule has 4 nitrogen and oxygen atoms in total. The van der Waals surface area contributed by atoms with Crippen LogP contribution in [0.1, 0.15) is 27.2 Å². The first kappa shape index (κ1) is 13.9. The Morgan fingerprint density at radius 1 is 1.16 bits per heavy atom. The molecule has 104 valence electrons. The molecule has 0 atom stereocenters. The maximum absolute atomic E-state index is 5.66. The van der Waals surface area contributed by atoms with Gasteiger partial charge in [-0.25, -0.2) is 4.98 Å². The standard InChI is InChI=1S/C14H20N2O2S/c1-4-7-15-14-16-13-11(18-6-3)8-10(17-5-2)9-12(13)19-14/h8-9H,4-7H2,1-3H3,(H,15,16). The molecule has 1 heterocycles. The predicted molar refractivity (Wildman–Crippen MR) is 80.7 cm³/mol. The number of nitrogens with zero attached hydrogens (tertiary/aromatic N) is 1. The second-order valence-electron chi connectivity index (χ2n) is 4.08. The molecule has 0 amide bonds. The van der Waals surface area contributed by atoms with E-state index in [1.165, 1.54) is 0 Å². The number of anilines is 1. The Bertz CT molecular complexity index is 539. The van der Waals surface area contributed by atoms with Crippen molar-refractivity contribution in [1.29, 1.82) is 0 Å². The number of fused-ring (bicyclic) bond motifs is 1. The maximum atomic E-state index is 5.66. The van der Waals surface area contributed by atoms with Gasteiger partial charge in [-0.15, -0.1) is 0 Å². The molecule has 0 unspecified atom stereocenters. The molecular formula is C14H20N2O2S. The molecule has 0 radical (unpaired) electrons. The van der Waals surface area contributed by atoms with E-state index in [1.54, 1.807) is 11.3 Å². The quantitative estimate of drug-likeness (QED) is 0.835. The molecule has 0 aliphatic carbocycles. The second-order valence-corrected chi connectivity index (χ2v) is 5.11. The van der Waals surface area contributed by atoms with E-state index in [0.29, 0.717) is 13.2 Å². The molecule has 5 heteroatoms. The van der Waals surface area contributed by atoms with Crippen molar-refractivity contribution in [3.8, 4) is 11.5 Å². The van der Waals surface area contributed by atoms with Crippen molar-refractivity contribution in [2.24, 2.45) is 0 Å². The van der Waals surface area contributed by atoms with Crippen molar-refractivity contribution in [3.05, 3.63) is 12.1 Å². The minimum absolute atomic E-state index is 0.625. The van der Waals surface area contributed by atoms with Crippen LogP contribution in [0.25, 0.3) is 10.2 Å². The van der Waals surface area contributed by atoms with Crippen molar-refractivity contribution in [2.75, 3.05) is 25.1 Å². The summed E-state index contributed by atoms with van der Waals surface area (Å²) < 4.78 is 12.3. The lowest BCUT2D eigenvalue weighted by atomic mass is 10.3. The number of rotatable bonds is 7. The lowest BCUT2D eigenvalue weighted by Crippen LogP contribution is -1.98.